The molecule has 2 aromatic carbocycles. The smallest absolute Gasteiger partial charge is 0.250 e. The third-order valence-corrected chi connectivity index (χ3v) is 3.53. The Morgan fingerprint density at radius 2 is 1.82 bits per heavy atom. The van der Waals surface area contributed by atoms with E-state index in [0.29, 0.717) is 13.0 Å². The van der Waals surface area contributed by atoms with E-state index in [4.69, 9.17) is 9.94 Å². The van der Waals surface area contributed by atoms with Crippen LogP contribution in [-0.2, 0) is 11.4 Å². The fraction of sp³-hybridized carbons (Fsp3) is 0.278. The van der Waals surface area contributed by atoms with Gasteiger partial charge in [0, 0.05) is 0 Å². The molecule has 0 saturated carbocycles. The van der Waals surface area contributed by atoms with Gasteiger partial charge < -0.3 is 4.74 Å². The highest BCUT2D eigenvalue weighted by atomic mass is 16.5. The Kier molecular flexibility index (Phi) is 5.98. The highest BCUT2D eigenvalue weighted by Gasteiger charge is 2.19. The normalized spacial score (nSPS) is 11.7. The zero-order valence-electron chi connectivity index (χ0n) is 12.7. The molecule has 0 fully saturated rings. The minimum absolute atomic E-state index is 0.335. The second kappa shape index (κ2) is 8.20. The number of benzene rings is 2. The minimum atomic E-state index is -0.375. The van der Waals surface area contributed by atoms with E-state index < -0.39 is 0 Å². The highest BCUT2D eigenvalue weighted by Crippen LogP contribution is 2.24. The summed E-state index contributed by atoms with van der Waals surface area (Å²) in [5, 5.41) is 8.83. The van der Waals surface area contributed by atoms with Crippen LogP contribution in [0.15, 0.2) is 54.6 Å². The molecule has 0 aliphatic rings. The van der Waals surface area contributed by atoms with Crippen LogP contribution in [0, 0.1) is 0 Å². The Labute approximate surface area is 130 Å². The topological polar surface area (TPSA) is 58.6 Å². The third-order valence-electron chi connectivity index (χ3n) is 3.53. The summed E-state index contributed by atoms with van der Waals surface area (Å²) in [4.78, 5) is 11.7. The molecule has 0 spiro atoms. The number of rotatable bonds is 7. The van der Waals surface area contributed by atoms with Crippen molar-refractivity contribution in [1.82, 2.24) is 5.48 Å². The standard InChI is InChI=1S/C18H21NO3/c1-2-6-17(18(20)19-21)15-9-11-16(12-10-15)22-13-14-7-4-3-5-8-14/h3-5,7-12,17,21H,2,6,13H2,1H3,(H,19,20). The summed E-state index contributed by atoms with van der Waals surface area (Å²) >= 11 is 0. The summed E-state index contributed by atoms with van der Waals surface area (Å²) in [6.45, 7) is 2.52. The molecule has 0 saturated heterocycles. The van der Waals surface area contributed by atoms with Crippen LogP contribution in [0.1, 0.15) is 36.8 Å². The summed E-state index contributed by atoms with van der Waals surface area (Å²) in [7, 11) is 0. The Balaban J connectivity index is 2.01. The highest BCUT2D eigenvalue weighted by molar-refractivity contribution is 5.82. The van der Waals surface area contributed by atoms with Crippen molar-refractivity contribution in [2.24, 2.45) is 0 Å². The molecule has 1 amide bonds. The number of nitrogens with one attached hydrogen (secondary N) is 1. The average molecular weight is 299 g/mol. The van der Waals surface area contributed by atoms with Crippen LogP contribution in [0.4, 0.5) is 0 Å². The number of hydroxylamine groups is 1. The van der Waals surface area contributed by atoms with E-state index >= 15 is 0 Å². The van der Waals surface area contributed by atoms with E-state index in [1.165, 1.54) is 0 Å². The monoisotopic (exact) mass is 299 g/mol. The molecule has 116 valence electrons. The van der Waals surface area contributed by atoms with Crippen LogP contribution in [0.25, 0.3) is 0 Å². The van der Waals surface area contributed by atoms with E-state index in [9.17, 15) is 4.79 Å². The first-order valence-electron chi connectivity index (χ1n) is 7.45. The van der Waals surface area contributed by atoms with Gasteiger partial charge in [-0.05, 0) is 29.7 Å². The zero-order chi connectivity index (χ0) is 15.8. The largest absolute Gasteiger partial charge is 0.489 e. The van der Waals surface area contributed by atoms with Crippen LogP contribution in [0.5, 0.6) is 5.75 Å². The number of ether oxygens (including phenoxy) is 1. The number of hydrogen-bond acceptors (Lipinski definition) is 3. The van der Waals surface area contributed by atoms with Crippen molar-refractivity contribution >= 4 is 5.91 Å². The Bertz CT molecular complexity index is 581. The molecule has 2 rings (SSSR count). The maximum absolute atomic E-state index is 11.7. The van der Waals surface area contributed by atoms with Crippen LogP contribution >= 0.6 is 0 Å². The molecule has 0 bridgehead atoms. The average Bonchev–Trinajstić information content (AvgIpc) is 2.59. The molecule has 4 heteroatoms. The Hall–Kier alpha value is -2.33. The lowest BCUT2D eigenvalue weighted by atomic mass is 9.94. The predicted molar refractivity (Wildman–Crippen MR) is 84.8 cm³/mol. The second-order valence-electron chi connectivity index (χ2n) is 5.16. The van der Waals surface area contributed by atoms with Gasteiger partial charge in [-0.3, -0.25) is 10.0 Å². The van der Waals surface area contributed by atoms with Crippen molar-refractivity contribution in [2.75, 3.05) is 0 Å². The number of hydrogen-bond donors (Lipinski definition) is 2. The van der Waals surface area contributed by atoms with E-state index in [1.54, 1.807) is 5.48 Å². The van der Waals surface area contributed by atoms with Crippen molar-refractivity contribution in [1.29, 1.82) is 0 Å². The number of carbonyl (C=O) groups excluding carboxylic acids is 1. The molecular formula is C18H21NO3. The van der Waals surface area contributed by atoms with Gasteiger partial charge in [-0.1, -0.05) is 55.8 Å². The molecule has 1 atom stereocenters. The first-order chi connectivity index (χ1) is 10.7. The molecule has 0 heterocycles. The van der Waals surface area contributed by atoms with Gasteiger partial charge in [0.15, 0.2) is 0 Å². The predicted octanol–water partition coefficient (Wildman–Crippen LogP) is 3.65. The first-order valence-corrected chi connectivity index (χ1v) is 7.45. The van der Waals surface area contributed by atoms with E-state index in [0.717, 1.165) is 23.3 Å². The quantitative estimate of drug-likeness (QED) is 0.606. The molecule has 22 heavy (non-hydrogen) atoms. The van der Waals surface area contributed by atoms with E-state index in [2.05, 4.69) is 0 Å². The molecular weight excluding hydrogens is 278 g/mol. The lowest BCUT2D eigenvalue weighted by Gasteiger charge is -2.15. The lowest BCUT2D eigenvalue weighted by Crippen LogP contribution is -2.26. The van der Waals surface area contributed by atoms with E-state index in [1.807, 2.05) is 61.5 Å². The van der Waals surface area contributed by atoms with Crippen molar-refractivity contribution in [3.63, 3.8) is 0 Å². The van der Waals surface area contributed by atoms with Gasteiger partial charge in [-0.2, -0.15) is 0 Å². The summed E-state index contributed by atoms with van der Waals surface area (Å²) in [6, 6.07) is 17.4. The molecule has 0 aliphatic carbocycles. The van der Waals surface area contributed by atoms with Gasteiger partial charge >= 0.3 is 0 Å². The summed E-state index contributed by atoms with van der Waals surface area (Å²) in [5.74, 6) is 0.0465. The maximum Gasteiger partial charge on any atom is 0.250 e. The third kappa shape index (κ3) is 4.33. The van der Waals surface area contributed by atoms with Gasteiger partial charge in [0.2, 0.25) is 0 Å². The van der Waals surface area contributed by atoms with Gasteiger partial charge in [-0.25, -0.2) is 5.48 Å². The molecule has 2 aromatic rings. The van der Waals surface area contributed by atoms with Crippen LogP contribution in [0.3, 0.4) is 0 Å². The number of amides is 1. The van der Waals surface area contributed by atoms with Gasteiger partial charge in [0.25, 0.3) is 5.91 Å². The van der Waals surface area contributed by atoms with E-state index in [-0.39, 0.29) is 11.8 Å². The second-order valence-corrected chi connectivity index (χ2v) is 5.16. The SMILES string of the molecule is CCCC(C(=O)NO)c1ccc(OCc2ccccc2)cc1. The summed E-state index contributed by atoms with van der Waals surface area (Å²) in [6.07, 6.45) is 1.56. The van der Waals surface area contributed by atoms with Crippen LogP contribution < -0.4 is 10.2 Å². The summed E-state index contributed by atoms with van der Waals surface area (Å²) < 4.78 is 5.72. The van der Waals surface area contributed by atoms with Crippen molar-refractivity contribution < 1.29 is 14.7 Å². The molecule has 4 nitrogen and oxygen atoms in total. The van der Waals surface area contributed by atoms with Crippen LogP contribution in [-0.4, -0.2) is 11.1 Å². The van der Waals surface area contributed by atoms with Gasteiger partial charge in [0.05, 0.1) is 5.92 Å². The van der Waals surface area contributed by atoms with Crippen molar-refractivity contribution in [3.05, 3.63) is 65.7 Å². The molecule has 2 N–H and O–H groups in total. The Morgan fingerprint density at radius 3 is 2.41 bits per heavy atom. The lowest BCUT2D eigenvalue weighted by molar-refractivity contribution is -0.130. The zero-order valence-corrected chi connectivity index (χ0v) is 12.7. The number of carbonyl (C=O) groups is 1. The fourth-order valence-electron chi connectivity index (χ4n) is 2.35. The van der Waals surface area contributed by atoms with Gasteiger partial charge in [-0.15, -0.1) is 0 Å². The maximum atomic E-state index is 11.7. The van der Waals surface area contributed by atoms with Gasteiger partial charge in [0.1, 0.15) is 12.4 Å². The fourth-order valence-corrected chi connectivity index (χ4v) is 2.35. The van der Waals surface area contributed by atoms with Crippen molar-refractivity contribution in [2.45, 2.75) is 32.3 Å². The molecule has 0 aromatic heterocycles. The van der Waals surface area contributed by atoms with Crippen molar-refractivity contribution in [3.8, 4) is 5.75 Å². The minimum Gasteiger partial charge on any atom is -0.489 e. The van der Waals surface area contributed by atoms with Crippen LogP contribution in [0.2, 0.25) is 0 Å². The molecule has 0 radical (unpaired) electrons. The first kappa shape index (κ1) is 16.0. The summed E-state index contributed by atoms with van der Waals surface area (Å²) in [5.41, 5.74) is 3.72. The molecule has 0 aliphatic heterocycles. The molecule has 1 unspecified atom stereocenters. The Morgan fingerprint density at radius 1 is 1.14 bits per heavy atom.